The van der Waals surface area contributed by atoms with Crippen LogP contribution < -0.4 is 5.32 Å². The van der Waals surface area contributed by atoms with Crippen LogP contribution in [0.25, 0.3) is 0 Å². The number of nitrogens with one attached hydrogen (secondary N) is 1. The van der Waals surface area contributed by atoms with Crippen molar-refractivity contribution < 1.29 is 0 Å². The van der Waals surface area contributed by atoms with Gasteiger partial charge in [0, 0.05) is 0 Å². The molecular formula is C12H17Cl2N. The lowest BCUT2D eigenvalue weighted by Crippen LogP contribution is -2.20. The lowest BCUT2D eigenvalue weighted by molar-refractivity contribution is 0.481. The zero-order valence-electron chi connectivity index (χ0n) is 9.19. The zero-order chi connectivity index (χ0) is 11.3. The molecule has 1 N–H and O–H groups in total. The number of benzene rings is 1. The molecule has 0 bridgehead atoms. The van der Waals surface area contributed by atoms with Crippen LogP contribution in [0.1, 0.15) is 18.9 Å². The average Bonchev–Trinajstić information content (AvgIpc) is 2.24. The van der Waals surface area contributed by atoms with E-state index in [-0.39, 0.29) is 0 Å². The lowest BCUT2D eigenvalue weighted by atomic mass is 9.97. The summed E-state index contributed by atoms with van der Waals surface area (Å²) in [7, 11) is 1.97. The maximum atomic E-state index is 6.14. The van der Waals surface area contributed by atoms with Crippen LogP contribution in [0.3, 0.4) is 0 Å². The molecule has 1 nitrogen and oxygen atoms in total. The van der Waals surface area contributed by atoms with Gasteiger partial charge >= 0.3 is 0 Å². The molecule has 0 aliphatic carbocycles. The normalized spacial score (nSPS) is 12.8. The van der Waals surface area contributed by atoms with Crippen molar-refractivity contribution in [1.82, 2.24) is 5.32 Å². The summed E-state index contributed by atoms with van der Waals surface area (Å²) >= 11 is 12.1. The van der Waals surface area contributed by atoms with Gasteiger partial charge in [0.2, 0.25) is 0 Å². The highest BCUT2D eigenvalue weighted by Gasteiger charge is 2.10. The van der Waals surface area contributed by atoms with Gasteiger partial charge in [0.15, 0.2) is 0 Å². The van der Waals surface area contributed by atoms with Gasteiger partial charge in [-0.2, -0.15) is 0 Å². The van der Waals surface area contributed by atoms with Crippen LogP contribution in [-0.2, 0) is 6.42 Å². The van der Waals surface area contributed by atoms with E-state index in [1.165, 1.54) is 0 Å². The Balaban J connectivity index is 2.74. The van der Waals surface area contributed by atoms with Crippen LogP contribution in [0.2, 0.25) is 10.0 Å². The Bertz CT molecular complexity index is 312. The Hall–Kier alpha value is -0.240. The fraction of sp³-hybridized carbons (Fsp3) is 0.500. The quantitative estimate of drug-likeness (QED) is 0.833. The van der Waals surface area contributed by atoms with E-state index in [1.807, 2.05) is 25.2 Å². The molecule has 0 heterocycles. The predicted molar refractivity (Wildman–Crippen MR) is 67.9 cm³/mol. The molecule has 0 saturated carbocycles. The largest absolute Gasteiger partial charge is 0.319 e. The minimum atomic E-state index is 0.617. The molecule has 1 unspecified atom stereocenters. The second kappa shape index (κ2) is 6.37. The van der Waals surface area contributed by atoms with Gasteiger partial charge in [0.25, 0.3) is 0 Å². The average molecular weight is 246 g/mol. The van der Waals surface area contributed by atoms with Gasteiger partial charge in [0.1, 0.15) is 0 Å². The van der Waals surface area contributed by atoms with E-state index in [9.17, 15) is 0 Å². The first-order valence-corrected chi connectivity index (χ1v) is 6.02. The highest BCUT2D eigenvalue weighted by atomic mass is 35.5. The second-order valence-corrected chi connectivity index (χ2v) is 4.53. The Morgan fingerprint density at radius 3 is 2.67 bits per heavy atom. The van der Waals surface area contributed by atoms with E-state index in [2.05, 4.69) is 12.2 Å². The van der Waals surface area contributed by atoms with Crippen molar-refractivity contribution >= 4 is 23.2 Å². The summed E-state index contributed by atoms with van der Waals surface area (Å²) in [5, 5.41) is 4.55. The third-order valence-corrected chi connectivity index (χ3v) is 3.47. The molecule has 0 fully saturated rings. The third kappa shape index (κ3) is 3.67. The number of halogens is 2. The molecule has 84 valence electrons. The summed E-state index contributed by atoms with van der Waals surface area (Å²) in [5.41, 5.74) is 1.14. The molecule has 0 saturated heterocycles. The molecule has 1 aromatic rings. The molecule has 0 aliphatic heterocycles. The lowest BCUT2D eigenvalue weighted by Gasteiger charge is -2.15. The van der Waals surface area contributed by atoms with Crippen LogP contribution in [-0.4, -0.2) is 13.6 Å². The molecule has 3 heteroatoms. The number of hydrogen-bond acceptors (Lipinski definition) is 1. The highest BCUT2D eigenvalue weighted by molar-refractivity contribution is 6.42. The van der Waals surface area contributed by atoms with Crippen LogP contribution in [0.5, 0.6) is 0 Å². The van der Waals surface area contributed by atoms with E-state index in [0.29, 0.717) is 16.0 Å². The van der Waals surface area contributed by atoms with Crippen LogP contribution in [0, 0.1) is 5.92 Å². The molecule has 1 atom stereocenters. The van der Waals surface area contributed by atoms with Gasteiger partial charge in [-0.1, -0.05) is 48.7 Å². The van der Waals surface area contributed by atoms with Crippen molar-refractivity contribution in [3.63, 3.8) is 0 Å². The maximum absolute atomic E-state index is 6.14. The van der Waals surface area contributed by atoms with Gasteiger partial charge in [-0.15, -0.1) is 0 Å². The fourth-order valence-corrected chi connectivity index (χ4v) is 2.06. The van der Waals surface area contributed by atoms with E-state index in [0.717, 1.165) is 24.9 Å². The number of rotatable bonds is 5. The van der Waals surface area contributed by atoms with Gasteiger partial charge in [-0.05, 0) is 37.6 Å². The minimum Gasteiger partial charge on any atom is -0.319 e. The second-order valence-electron chi connectivity index (χ2n) is 3.75. The van der Waals surface area contributed by atoms with Gasteiger partial charge < -0.3 is 5.32 Å². The monoisotopic (exact) mass is 245 g/mol. The van der Waals surface area contributed by atoms with Crippen LogP contribution in [0.15, 0.2) is 18.2 Å². The first-order chi connectivity index (χ1) is 7.19. The smallest absolute Gasteiger partial charge is 0.0624 e. The molecule has 0 aliphatic rings. The van der Waals surface area contributed by atoms with Gasteiger partial charge in [-0.3, -0.25) is 0 Å². The van der Waals surface area contributed by atoms with Gasteiger partial charge in [0.05, 0.1) is 10.0 Å². The Kier molecular flexibility index (Phi) is 5.44. The molecule has 0 radical (unpaired) electrons. The minimum absolute atomic E-state index is 0.617. The maximum Gasteiger partial charge on any atom is 0.0624 e. The molecule has 0 amide bonds. The van der Waals surface area contributed by atoms with Crippen LogP contribution in [0.4, 0.5) is 0 Å². The van der Waals surface area contributed by atoms with Crippen molar-refractivity contribution in [2.45, 2.75) is 19.8 Å². The highest BCUT2D eigenvalue weighted by Crippen LogP contribution is 2.27. The standard InChI is InChI=1S/C12H17Cl2N/c1-3-9(8-15-2)7-10-5-4-6-11(13)12(10)14/h4-6,9,15H,3,7-8H2,1-2H3. The summed E-state index contributed by atoms with van der Waals surface area (Å²) in [4.78, 5) is 0. The van der Waals surface area contributed by atoms with E-state index < -0.39 is 0 Å². The topological polar surface area (TPSA) is 12.0 Å². The zero-order valence-corrected chi connectivity index (χ0v) is 10.7. The summed E-state index contributed by atoms with van der Waals surface area (Å²) in [5.74, 6) is 0.617. The third-order valence-electron chi connectivity index (χ3n) is 2.61. The number of hydrogen-bond donors (Lipinski definition) is 1. The molecule has 1 rings (SSSR count). The Morgan fingerprint density at radius 1 is 1.33 bits per heavy atom. The Labute approximate surface area is 102 Å². The Morgan fingerprint density at radius 2 is 2.07 bits per heavy atom. The fourth-order valence-electron chi connectivity index (χ4n) is 1.67. The molecule has 1 aromatic carbocycles. The first kappa shape index (κ1) is 12.8. The SMILES string of the molecule is CCC(CNC)Cc1cccc(Cl)c1Cl. The molecule has 0 spiro atoms. The van der Waals surface area contributed by atoms with E-state index in [1.54, 1.807) is 0 Å². The summed E-state index contributed by atoms with van der Waals surface area (Å²) in [6.45, 7) is 3.21. The summed E-state index contributed by atoms with van der Waals surface area (Å²) in [6.07, 6.45) is 2.13. The van der Waals surface area contributed by atoms with Crippen LogP contribution >= 0.6 is 23.2 Å². The van der Waals surface area contributed by atoms with Gasteiger partial charge in [-0.25, -0.2) is 0 Å². The van der Waals surface area contributed by atoms with Crippen molar-refractivity contribution in [2.24, 2.45) is 5.92 Å². The molecular weight excluding hydrogens is 229 g/mol. The molecule has 0 aromatic heterocycles. The summed E-state index contributed by atoms with van der Waals surface area (Å²) < 4.78 is 0. The van der Waals surface area contributed by atoms with Crippen molar-refractivity contribution in [1.29, 1.82) is 0 Å². The molecule has 15 heavy (non-hydrogen) atoms. The predicted octanol–water partition coefficient (Wildman–Crippen LogP) is 3.78. The van der Waals surface area contributed by atoms with Crippen molar-refractivity contribution in [2.75, 3.05) is 13.6 Å². The van der Waals surface area contributed by atoms with Crippen molar-refractivity contribution in [3.05, 3.63) is 33.8 Å². The van der Waals surface area contributed by atoms with E-state index in [4.69, 9.17) is 23.2 Å². The first-order valence-electron chi connectivity index (χ1n) is 5.26. The van der Waals surface area contributed by atoms with Crippen molar-refractivity contribution in [3.8, 4) is 0 Å². The van der Waals surface area contributed by atoms with E-state index >= 15 is 0 Å². The summed E-state index contributed by atoms with van der Waals surface area (Å²) in [6, 6.07) is 5.83.